The average molecular weight is 168 g/mol. The number of hydrogen-bond donors (Lipinski definition) is 2. The topological polar surface area (TPSA) is 41.1 Å². The van der Waals surface area contributed by atoms with E-state index in [1.165, 1.54) is 0 Å². The Balaban J connectivity index is 2.44. The molecule has 1 aliphatic rings. The fourth-order valence-corrected chi connectivity index (χ4v) is 1.39. The molecule has 0 spiro atoms. The Morgan fingerprint density at radius 1 is 1.83 bits per heavy atom. The highest BCUT2D eigenvalue weighted by molar-refractivity contribution is 5.82. The Hall–Kier alpha value is -0.830. The Labute approximate surface area is 73.2 Å². The molecule has 12 heavy (non-hydrogen) atoms. The molecule has 0 aromatic rings. The summed E-state index contributed by atoms with van der Waals surface area (Å²) in [7, 11) is 0. The molecule has 1 saturated heterocycles. The number of rotatable bonds is 3. The molecule has 0 aromatic heterocycles. The molecule has 1 atom stereocenters. The van der Waals surface area contributed by atoms with Gasteiger partial charge in [0.05, 0.1) is 5.41 Å². The molecule has 0 aliphatic carbocycles. The number of hydrogen-bond acceptors (Lipinski definition) is 2. The molecule has 1 heterocycles. The summed E-state index contributed by atoms with van der Waals surface area (Å²) in [6.07, 6.45) is 2.62. The second-order valence-corrected chi connectivity index (χ2v) is 3.49. The van der Waals surface area contributed by atoms with E-state index in [4.69, 9.17) is 0 Å². The van der Waals surface area contributed by atoms with Crippen molar-refractivity contribution in [1.29, 1.82) is 0 Å². The molecule has 1 amide bonds. The number of carbonyl (C=O) groups is 1. The standard InChI is InChI=1S/C9H16N2O/c1-3-5-11-8(12)9(2)4-6-10-7-9/h3,10H,1,4-7H2,2H3,(H,11,12). The lowest BCUT2D eigenvalue weighted by Crippen LogP contribution is -2.40. The van der Waals surface area contributed by atoms with Gasteiger partial charge < -0.3 is 10.6 Å². The van der Waals surface area contributed by atoms with Gasteiger partial charge in [-0.15, -0.1) is 6.58 Å². The summed E-state index contributed by atoms with van der Waals surface area (Å²) in [6, 6.07) is 0. The van der Waals surface area contributed by atoms with Gasteiger partial charge in [0.1, 0.15) is 0 Å². The van der Waals surface area contributed by atoms with Crippen LogP contribution in [0, 0.1) is 5.41 Å². The lowest BCUT2D eigenvalue weighted by atomic mass is 9.89. The Morgan fingerprint density at radius 2 is 2.58 bits per heavy atom. The normalized spacial score (nSPS) is 28.4. The largest absolute Gasteiger partial charge is 0.352 e. The van der Waals surface area contributed by atoms with Gasteiger partial charge in [-0.1, -0.05) is 6.08 Å². The first kappa shape index (κ1) is 9.26. The van der Waals surface area contributed by atoms with Crippen LogP contribution in [0.2, 0.25) is 0 Å². The van der Waals surface area contributed by atoms with E-state index in [-0.39, 0.29) is 11.3 Å². The third-order valence-corrected chi connectivity index (χ3v) is 2.32. The number of nitrogens with one attached hydrogen (secondary N) is 2. The van der Waals surface area contributed by atoms with Crippen molar-refractivity contribution >= 4 is 5.91 Å². The highest BCUT2D eigenvalue weighted by Crippen LogP contribution is 2.24. The summed E-state index contributed by atoms with van der Waals surface area (Å²) in [5.41, 5.74) is -0.205. The highest BCUT2D eigenvalue weighted by Gasteiger charge is 2.35. The summed E-state index contributed by atoms with van der Waals surface area (Å²) in [6.45, 7) is 7.84. The first-order chi connectivity index (χ1) is 5.69. The Bertz CT molecular complexity index is 183. The molecule has 68 valence electrons. The van der Waals surface area contributed by atoms with Crippen LogP contribution in [0.4, 0.5) is 0 Å². The molecule has 1 rings (SSSR count). The second-order valence-electron chi connectivity index (χ2n) is 3.49. The van der Waals surface area contributed by atoms with Crippen molar-refractivity contribution in [1.82, 2.24) is 10.6 Å². The molecule has 3 nitrogen and oxygen atoms in total. The van der Waals surface area contributed by atoms with Gasteiger partial charge in [0.25, 0.3) is 0 Å². The molecule has 0 bridgehead atoms. The van der Waals surface area contributed by atoms with E-state index in [1.807, 2.05) is 6.92 Å². The third-order valence-electron chi connectivity index (χ3n) is 2.32. The van der Waals surface area contributed by atoms with Crippen molar-refractivity contribution in [2.24, 2.45) is 5.41 Å². The van der Waals surface area contributed by atoms with Crippen molar-refractivity contribution in [2.75, 3.05) is 19.6 Å². The number of amides is 1. The maximum Gasteiger partial charge on any atom is 0.227 e. The van der Waals surface area contributed by atoms with Crippen molar-refractivity contribution in [3.05, 3.63) is 12.7 Å². The zero-order chi connectivity index (χ0) is 9.03. The lowest BCUT2D eigenvalue weighted by Gasteiger charge is -2.20. The predicted molar refractivity (Wildman–Crippen MR) is 48.8 cm³/mol. The summed E-state index contributed by atoms with van der Waals surface area (Å²) in [5, 5.41) is 6.00. The molecule has 1 fully saturated rings. The molecule has 0 aromatic carbocycles. The van der Waals surface area contributed by atoms with Gasteiger partial charge in [0, 0.05) is 13.1 Å². The maximum atomic E-state index is 11.5. The monoisotopic (exact) mass is 168 g/mol. The van der Waals surface area contributed by atoms with Crippen molar-refractivity contribution < 1.29 is 4.79 Å². The van der Waals surface area contributed by atoms with Crippen LogP contribution in [0.1, 0.15) is 13.3 Å². The minimum Gasteiger partial charge on any atom is -0.352 e. The van der Waals surface area contributed by atoms with Gasteiger partial charge >= 0.3 is 0 Å². The van der Waals surface area contributed by atoms with Crippen LogP contribution in [0.3, 0.4) is 0 Å². The van der Waals surface area contributed by atoms with Crippen LogP contribution < -0.4 is 10.6 Å². The zero-order valence-electron chi connectivity index (χ0n) is 7.52. The second kappa shape index (κ2) is 3.72. The minimum absolute atomic E-state index is 0.132. The van der Waals surface area contributed by atoms with E-state index in [0.29, 0.717) is 6.54 Å². The molecule has 0 radical (unpaired) electrons. The van der Waals surface area contributed by atoms with Crippen LogP contribution in [0.5, 0.6) is 0 Å². The van der Waals surface area contributed by atoms with E-state index >= 15 is 0 Å². The van der Waals surface area contributed by atoms with E-state index in [0.717, 1.165) is 19.5 Å². The quantitative estimate of drug-likeness (QED) is 0.595. The third kappa shape index (κ3) is 1.85. The van der Waals surface area contributed by atoms with Crippen LogP contribution in [0.15, 0.2) is 12.7 Å². The summed E-state index contributed by atoms with van der Waals surface area (Å²) in [4.78, 5) is 11.5. The Kier molecular flexibility index (Phi) is 2.87. The van der Waals surface area contributed by atoms with Gasteiger partial charge in [-0.3, -0.25) is 4.79 Å². The fourth-order valence-electron chi connectivity index (χ4n) is 1.39. The van der Waals surface area contributed by atoms with E-state index in [2.05, 4.69) is 17.2 Å². The molecular weight excluding hydrogens is 152 g/mol. The molecule has 0 saturated carbocycles. The van der Waals surface area contributed by atoms with Crippen molar-refractivity contribution in [3.8, 4) is 0 Å². The highest BCUT2D eigenvalue weighted by atomic mass is 16.2. The van der Waals surface area contributed by atoms with E-state index in [9.17, 15) is 4.79 Å². The van der Waals surface area contributed by atoms with Crippen LogP contribution >= 0.6 is 0 Å². The first-order valence-corrected chi connectivity index (χ1v) is 4.29. The predicted octanol–water partition coefficient (Wildman–Crippen LogP) is 0.288. The molecule has 1 unspecified atom stereocenters. The minimum atomic E-state index is -0.205. The maximum absolute atomic E-state index is 11.5. The summed E-state index contributed by atoms with van der Waals surface area (Å²) < 4.78 is 0. The average Bonchev–Trinajstić information content (AvgIpc) is 2.49. The van der Waals surface area contributed by atoms with E-state index < -0.39 is 0 Å². The van der Waals surface area contributed by atoms with Crippen molar-refractivity contribution in [3.63, 3.8) is 0 Å². The Morgan fingerprint density at radius 3 is 3.08 bits per heavy atom. The van der Waals surface area contributed by atoms with Gasteiger partial charge in [0.15, 0.2) is 0 Å². The van der Waals surface area contributed by atoms with Gasteiger partial charge in [-0.05, 0) is 19.9 Å². The summed E-state index contributed by atoms with van der Waals surface area (Å²) in [5.74, 6) is 0.132. The molecule has 2 N–H and O–H groups in total. The first-order valence-electron chi connectivity index (χ1n) is 4.29. The van der Waals surface area contributed by atoms with Crippen LogP contribution in [-0.2, 0) is 4.79 Å². The van der Waals surface area contributed by atoms with Crippen molar-refractivity contribution in [2.45, 2.75) is 13.3 Å². The van der Waals surface area contributed by atoms with E-state index in [1.54, 1.807) is 6.08 Å². The number of carbonyl (C=O) groups excluding carboxylic acids is 1. The van der Waals surface area contributed by atoms with Gasteiger partial charge in [0.2, 0.25) is 5.91 Å². The molecule has 1 aliphatic heterocycles. The fraction of sp³-hybridized carbons (Fsp3) is 0.667. The molecule has 3 heteroatoms. The SMILES string of the molecule is C=CCNC(=O)C1(C)CCNC1. The smallest absolute Gasteiger partial charge is 0.227 e. The lowest BCUT2D eigenvalue weighted by molar-refractivity contribution is -0.128. The van der Waals surface area contributed by atoms with Crippen LogP contribution in [0.25, 0.3) is 0 Å². The summed E-state index contributed by atoms with van der Waals surface area (Å²) >= 11 is 0. The van der Waals surface area contributed by atoms with Crippen LogP contribution in [-0.4, -0.2) is 25.5 Å². The van der Waals surface area contributed by atoms with Gasteiger partial charge in [-0.2, -0.15) is 0 Å². The zero-order valence-corrected chi connectivity index (χ0v) is 7.52. The van der Waals surface area contributed by atoms with Gasteiger partial charge in [-0.25, -0.2) is 0 Å². The molecular formula is C9H16N2O.